The standard InChI is InChI=1S/C13H18N2O2S/c1-4-9-5-6-10(18-9)7-12(16)11-8-13(17-3)15(2)14-11/h5-6,8,12,16H,4,7H2,1-3H3. The van der Waals surface area contributed by atoms with Crippen LogP contribution >= 0.6 is 11.3 Å². The molecular formula is C13H18N2O2S. The summed E-state index contributed by atoms with van der Waals surface area (Å²) in [6.07, 6.45) is 1.06. The number of thiophene rings is 1. The van der Waals surface area contributed by atoms with Crippen LogP contribution in [-0.4, -0.2) is 22.0 Å². The van der Waals surface area contributed by atoms with Crippen molar-refractivity contribution in [1.29, 1.82) is 0 Å². The molecule has 0 bridgehead atoms. The number of hydrogen-bond donors (Lipinski definition) is 1. The van der Waals surface area contributed by atoms with E-state index in [1.54, 1.807) is 36.2 Å². The second-order valence-electron chi connectivity index (χ2n) is 4.18. The van der Waals surface area contributed by atoms with Crippen molar-refractivity contribution in [3.8, 4) is 5.88 Å². The van der Waals surface area contributed by atoms with Gasteiger partial charge in [0.2, 0.25) is 5.88 Å². The Morgan fingerprint density at radius 3 is 2.72 bits per heavy atom. The van der Waals surface area contributed by atoms with Crippen LogP contribution in [0.5, 0.6) is 5.88 Å². The molecule has 1 atom stereocenters. The fraction of sp³-hybridized carbons (Fsp3) is 0.462. The van der Waals surface area contributed by atoms with Gasteiger partial charge in [-0.15, -0.1) is 11.3 Å². The number of aryl methyl sites for hydroxylation is 2. The molecule has 18 heavy (non-hydrogen) atoms. The highest BCUT2D eigenvalue weighted by Crippen LogP contribution is 2.25. The first kappa shape index (κ1) is 13.1. The molecule has 0 spiro atoms. The summed E-state index contributed by atoms with van der Waals surface area (Å²) in [6, 6.07) is 5.97. The van der Waals surface area contributed by atoms with Crippen LogP contribution in [0.25, 0.3) is 0 Å². The van der Waals surface area contributed by atoms with Gasteiger partial charge in [0, 0.05) is 29.3 Å². The fourth-order valence-corrected chi connectivity index (χ4v) is 2.84. The predicted molar refractivity (Wildman–Crippen MR) is 72.1 cm³/mol. The van der Waals surface area contributed by atoms with E-state index in [0.29, 0.717) is 18.0 Å². The number of methoxy groups -OCH3 is 1. The molecule has 0 aliphatic heterocycles. The molecule has 0 fully saturated rings. The van der Waals surface area contributed by atoms with Crippen molar-refractivity contribution in [3.05, 3.63) is 33.6 Å². The average Bonchev–Trinajstić information content (AvgIpc) is 2.95. The lowest BCUT2D eigenvalue weighted by molar-refractivity contribution is 0.173. The fourth-order valence-electron chi connectivity index (χ4n) is 1.84. The highest BCUT2D eigenvalue weighted by Gasteiger charge is 2.15. The van der Waals surface area contributed by atoms with Crippen molar-refractivity contribution in [1.82, 2.24) is 9.78 Å². The van der Waals surface area contributed by atoms with Crippen LogP contribution < -0.4 is 4.74 Å². The second kappa shape index (κ2) is 5.54. The SMILES string of the molecule is CCc1ccc(CC(O)c2cc(OC)n(C)n2)s1. The minimum Gasteiger partial charge on any atom is -0.481 e. The lowest BCUT2D eigenvalue weighted by Crippen LogP contribution is -2.02. The Morgan fingerprint density at radius 2 is 2.17 bits per heavy atom. The zero-order valence-electron chi connectivity index (χ0n) is 10.9. The maximum atomic E-state index is 10.2. The van der Waals surface area contributed by atoms with Crippen LogP contribution in [0.4, 0.5) is 0 Å². The molecule has 0 aromatic carbocycles. The first-order valence-electron chi connectivity index (χ1n) is 5.97. The van der Waals surface area contributed by atoms with E-state index >= 15 is 0 Å². The van der Waals surface area contributed by atoms with E-state index in [0.717, 1.165) is 6.42 Å². The summed E-state index contributed by atoms with van der Waals surface area (Å²) in [5, 5.41) is 14.4. The van der Waals surface area contributed by atoms with E-state index < -0.39 is 6.10 Å². The molecule has 1 unspecified atom stereocenters. The summed E-state index contributed by atoms with van der Waals surface area (Å²) in [5.41, 5.74) is 0.654. The summed E-state index contributed by atoms with van der Waals surface area (Å²) >= 11 is 1.75. The van der Waals surface area contributed by atoms with Crippen molar-refractivity contribution in [2.45, 2.75) is 25.9 Å². The molecule has 2 heterocycles. The highest BCUT2D eigenvalue weighted by molar-refractivity contribution is 7.11. The predicted octanol–water partition coefficient (Wildman–Crippen LogP) is 2.33. The van der Waals surface area contributed by atoms with Gasteiger partial charge >= 0.3 is 0 Å². The number of nitrogens with zero attached hydrogens (tertiary/aromatic N) is 2. The van der Waals surface area contributed by atoms with Gasteiger partial charge in [-0.3, -0.25) is 0 Å². The molecule has 5 heteroatoms. The Balaban J connectivity index is 2.08. The Bertz CT molecular complexity index is 519. The summed E-state index contributed by atoms with van der Waals surface area (Å²) in [4.78, 5) is 2.53. The molecular weight excluding hydrogens is 248 g/mol. The van der Waals surface area contributed by atoms with Crippen molar-refractivity contribution in [2.24, 2.45) is 7.05 Å². The third kappa shape index (κ3) is 2.73. The monoisotopic (exact) mass is 266 g/mol. The van der Waals surface area contributed by atoms with Gasteiger partial charge in [-0.05, 0) is 18.6 Å². The van der Waals surface area contributed by atoms with E-state index in [1.807, 2.05) is 0 Å². The number of hydrogen-bond acceptors (Lipinski definition) is 4. The molecule has 0 aliphatic carbocycles. The zero-order chi connectivity index (χ0) is 13.1. The van der Waals surface area contributed by atoms with Crippen molar-refractivity contribution in [3.63, 3.8) is 0 Å². The van der Waals surface area contributed by atoms with Gasteiger partial charge in [-0.2, -0.15) is 5.10 Å². The molecule has 4 nitrogen and oxygen atoms in total. The van der Waals surface area contributed by atoms with Gasteiger partial charge in [-0.25, -0.2) is 4.68 Å². The minimum absolute atomic E-state index is 0.580. The van der Waals surface area contributed by atoms with E-state index in [4.69, 9.17) is 4.74 Å². The number of aromatic nitrogens is 2. The van der Waals surface area contributed by atoms with Crippen LogP contribution in [0.3, 0.4) is 0 Å². The largest absolute Gasteiger partial charge is 0.481 e. The van der Waals surface area contributed by atoms with Gasteiger partial charge < -0.3 is 9.84 Å². The Labute approximate surface area is 111 Å². The maximum absolute atomic E-state index is 10.2. The van der Waals surface area contributed by atoms with Crippen LogP contribution in [-0.2, 0) is 19.9 Å². The molecule has 0 saturated heterocycles. The summed E-state index contributed by atoms with van der Waals surface area (Å²) in [5.74, 6) is 0.657. The first-order chi connectivity index (χ1) is 8.63. The summed E-state index contributed by atoms with van der Waals surface area (Å²) < 4.78 is 6.77. The van der Waals surface area contributed by atoms with Gasteiger partial charge in [-0.1, -0.05) is 6.92 Å². The van der Waals surface area contributed by atoms with Crippen molar-refractivity contribution < 1.29 is 9.84 Å². The van der Waals surface area contributed by atoms with Crippen LogP contribution in [0, 0.1) is 0 Å². The smallest absolute Gasteiger partial charge is 0.211 e. The summed E-state index contributed by atoms with van der Waals surface area (Å²) in [6.45, 7) is 2.13. The quantitative estimate of drug-likeness (QED) is 0.903. The second-order valence-corrected chi connectivity index (χ2v) is 5.43. The number of aliphatic hydroxyl groups is 1. The Hall–Kier alpha value is -1.33. The van der Waals surface area contributed by atoms with Crippen LogP contribution in [0.2, 0.25) is 0 Å². The van der Waals surface area contributed by atoms with Crippen LogP contribution in [0.15, 0.2) is 18.2 Å². The van der Waals surface area contributed by atoms with Crippen LogP contribution in [0.1, 0.15) is 28.5 Å². The third-order valence-electron chi connectivity index (χ3n) is 2.87. The molecule has 2 aromatic heterocycles. The molecule has 0 saturated carbocycles. The minimum atomic E-state index is -0.580. The topological polar surface area (TPSA) is 47.3 Å². The number of rotatable bonds is 5. The van der Waals surface area contributed by atoms with E-state index in [1.165, 1.54) is 9.75 Å². The first-order valence-corrected chi connectivity index (χ1v) is 6.79. The van der Waals surface area contributed by atoms with Gasteiger partial charge in [0.05, 0.1) is 12.8 Å². The molecule has 0 aliphatic rings. The van der Waals surface area contributed by atoms with E-state index in [2.05, 4.69) is 24.2 Å². The maximum Gasteiger partial charge on any atom is 0.211 e. The van der Waals surface area contributed by atoms with Gasteiger partial charge in [0.25, 0.3) is 0 Å². The molecule has 0 radical (unpaired) electrons. The zero-order valence-corrected chi connectivity index (χ0v) is 11.7. The van der Waals surface area contributed by atoms with E-state index in [-0.39, 0.29) is 0 Å². The molecule has 98 valence electrons. The van der Waals surface area contributed by atoms with E-state index in [9.17, 15) is 5.11 Å². The number of aliphatic hydroxyl groups excluding tert-OH is 1. The Kier molecular flexibility index (Phi) is 4.04. The lowest BCUT2D eigenvalue weighted by Gasteiger charge is -2.04. The van der Waals surface area contributed by atoms with Gasteiger partial charge in [0.1, 0.15) is 6.10 Å². The van der Waals surface area contributed by atoms with Crippen molar-refractivity contribution in [2.75, 3.05) is 7.11 Å². The normalized spacial score (nSPS) is 12.7. The third-order valence-corrected chi connectivity index (χ3v) is 4.12. The van der Waals surface area contributed by atoms with Crippen molar-refractivity contribution >= 4 is 11.3 Å². The highest BCUT2D eigenvalue weighted by atomic mass is 32.1. The molecule has 1 N–H and O–H groups in total. The lowest BCUT2D eigenvalue weighted by atomic mass is 10.1. The molecule has 0 amide bonds. The summed E-state index contributed by atoms with van der Waals surface area (Å²) in [7, 11) is 3.40. The average molecular weight is 266 g/mol. The van der Waals surface area contributed by atoms with Gasteiger partial charge in [0.15, 0.2) is 0 Å². The number of ether oxygens (including phenoxy) is 1. The molecule has 2 aromatic rings. The Morgan fingerprint density at radius 1 is 1.44 bits per heavy atom. The molecule has 2 rings (SSSR count).